The maximum Gasteiger partial charge on any atom is 0.306 e. The zero-order valence-electron chi connectivity index (χ0n) is 36.0. The minimum Gasteiger partial charge on any atom is -0.462 e. The van der Waals surface area contributed by atoms with Crippen molar-refractivity contribution in [3.05, 3.63) is 36.5 Å². The summed E-state index contributed by atoms with van der Waals surface area (Å²) in [4.78, 5) is 24.3. The Kier molecular flexibility index (Phi) is 43.9. The molecule has 0 rings (SSSR count). The smallest absolute Gasteiger partial charge is 0.306 e. The number of hydrogen-bond donors (Lipinski definition) is 1. The SMILES string of the molecule is CCCCC/C=C\C/C=C\CCCCCCCC(=O)OC(CO)COC(=O)CCCCCCCCCCCCCCC/C=C\CCCCCCCCCC. The van der Waals surface area contributed by atoms with Gasteiger partial charge >= 0.3 is 11.9 Å². The summed E-state index contributed by atoms with van der Waals surface area (Å²) in [6.07, 6.45) is 56.6. The van der Waals surface area contributed by atoms with Gasteiger partial charge in [0, 0.05) is 12.8 Å². The van der Waals surface area contributed by atoms with Crippen molar-refractivity contribution in [2.75, 3.05) is 13.2 Å². The second kappa shape index (κ2) is 45.5. The molecule has 0 aliphatic rings. The molecule has 316 valence electrons. The molecule has 1 atom stereocenters. The highest BCUT2D eigenvalue weighted by Crippen LogP contribution is 2.15. The Bertz CT molecular complexity index is 862. The summed E-state index contributed by atoms with van der Waals surface area (Å²) in [5.41, 5.74) is 0. The lowest BCUT2D eigenvalue weighted by molar-refractivity contribution is -0.161. The van der Waals surface area contributed by atoms with Crippen molar-refractivity contribution >= 4 is 11.9 Å². The minimum absolute atomic E-state index is 0.0694. The molecule has 0 radical (unpaired) electrons. The largest absolute Gasteiger partial charge is 0.462 e. The predicted molar refractivity (Wildman–Crippen MR) is 233 cm³/mol. The van der Waals surface area contributed by atoms with Gasteiger partial charge in [-0.3, -0.25) is 9.59 Å². The van der Waals surface area contributed by atoms with E-state index < -0.39 is 6.10 Å². The van der Waals surface area contributed by atoms with E-state index in [0.717, 1.165) is 51.4 Å². The van der Waals surface area contributed by atoms with E-state index in [1.165, 1.54) is 167 Å². The maximum absolute atomic E-state index is 12.2. The molecular formula is C49H90O5. The topological polar surface area (TPSA) is 72.8 Å². The van der Waals surface area contributed by atoms with Gasteiger partial charge in [0.15, 0.2) is 6.10 Å². The van der Waals surface area contributed by atoms with Gasteiger partial charge in [0.1, 0.15) is 6.61 Å². The first-order chi connectivity index (χ1) is 26.6. The van der Waals surface area contributed by atoms with Gasteiger partial charge in [0.25, 0.3) is 0 Å². The first kappa shape index (κ1) is 52.1. The van der Waals surface area contributed by atoms with Gasteiger partial charge in [-0.2, -0.15) is 0 Å². The molecule has 0 amide bonds. The summed E-state index contributed by atoms with van der Waals surface area (Å²) < 4.78 is 10.6. The fourth-order valence-electron chi connectivity index (χ4n) is 6.82. The zero-order chi connectivity index (χ0) is 39.3. The van der Waals surface area contributed by atoms with Crippen molar-refractivity contribution in [3.63, 3.8) is 0 Å². The molecule has 0 saturated carbocycles. The summed E-state index contributed by atoms with van der Waals surface area (Å²) >= 11 is 0. The van der Waals surface area contributed by atoms with Crippen LogP contribution in [0.2, 0.25) is 0 Å². The monoisotopic (exact) mass is 759 g/mol. The third-order valence-electron chi connectivity index (χ3n) is 10.4. The van der Waals surface area contributed by atoms with E-state index in [4.69, 9.17) is 9.47 Å². The zero-order valence-corrected chi connectivity index (χ0v) is 36.0. The number of aliphatic hydroxyl groups is 1. The third kappa shape index (κ3) is 42.9. The van der Waals surface area contributed by atoms with Crippen LogP contribution in [0.1, 0.15) is 245 Å². The van der Waals surface area contributed by atoms with Gasteiger partial charge < -0.3 is 14.6 Å². The highest BCUT2D eigenvalue weighted by atomic mass is 16.6. The Labute approximate surface area is 336 Å². The van der Waals surface area contributed by atoms with Gasteiger partial charge in [-0.25, -0.2) is 0 Å². The number of esters is 2. The molecule has 0 heterocycles. The standard InChI is InChI=1S/C49H90O5/c1-3-5-7-9-11-13-15-17-19-20-21-22-23-24-25-26-27-28-30-31-33-35-37-39-41-43-48(51)53-46-47(45-50)54-49(52)44-42-40-38-36-34-32-29-18-16-14-12-10-8-6-4-2/h12,14,18,20-21,29,47,50H,3-11,13,15-17,19,22-28,30-46H2,1-2H3/b14-12-,21-20-,29-18-. The van der Waals surface area contributed by atoms with E-state index in [2.05, 4.69) is 50.3 Å². The van der Waals surface area contributed by atoms with E-state index in [0.29, 0.717) is 12.8 Å². The highest BCUT2D eigenvalue weighted by Gasteiger charge is 2.16. The second-order valence-electron chi connectivity index (χ2n) is 15.8. The lowest BCUT2D eigenvalue weighted by Crippen LogP contribution is -2.28. The average Bonchev–Trinajstić information content (AvgIpc) is 3.17. The third-order valence-corrected chi connectivity index (χ3v) is 10.4. The number of hydrogen-bond acceptors (Lipinski definition) is 5. The summed E-state index contributed by atoms with van der Waals surface area (Å²) in [5, 5.41) is 9.59. The van der Waals surface area contributed by atoms with Crippen LogP contribution in [0.3, 0.4) is 0 Å². The van der Waals surface area contributed by atoms with Gasteiger partial charge in [0.05, 0.1) is 6.61 Å². The summed E-state index contributed by atoms with van der Waals surface area (Å²) in [7, 11) is 0. The van der Waals surface area contributed by atoms with Crippen LogP contribution in [0.25, 0.3) is 0 Å². The van der Waals surface area contributed by atoms with E-state index in [-0.39, 0.29) is 25.2 Å². The number of ether oxygens (including phenoxy) is 2. The molecule has 1 unspecified atom stereocenters. The molecule has 5 heteroatoms. The van der Waals surface area contributed by atoms with Crippen molar-refractivity contribution in [3.8, 4) is 0 Å². The fourth-order valence-corrected chi connectivity index (χ4v) is 6.82. The molecular weight excluding hydrogens is 669 g/mol. The Morgan fingerprint density at radius 3 is 1.15 bits per heavy atom. The van der Waals surface area contributed by atoms with Crippen molar-refractivity contribution in [2.24, 2.45) is 0 Å². The highest BCUT2D eigenvalue weighted by molar-refractivity contribution is 5.70. The van der Waals surface area contributed by atoms with Crippen LogP contribution < -0.4 is 0 Å². The lowest BCUT2D eigenvalue weighted by Gasteiger charge is -2.15. The molecule has 0 fully saturated rings. The Balaban J connectivity index is 3.48. The quantitative estimate of drug-likeness (QED) is 0.0381. The number of carbonyl (C=O) groups excluding carboxylic acids is 2. The van der Waals surface area contributed by atoms with Crippen molar-refractivity contribution in [2.45, 2.75) is 251 Å². The molecule has 0 bridgehead atoms. The van der Waals surface area contributed by atoms with Gasteiger partial charge in [0.2, 0.25) is 0 Å². The summed E-state index contributed by atoms with van der Waals surface area (Å²) in [6.45, 7) is 4.12. The molecule has 54 heavy (non-hydrogen) atoms. The Morgan fingerprint density at radius 2 is 0.741 bits per heavy atom. The molecule has 0 aromatic rings. The van der Waals surface area contributed by atoms with Crippen LogP contribution in [0, 0.1) is 0 Å². The molecule has 0 spiro atoms. The molecule has 0 aliphatic carbocycles. The lowest BCUT2D eigenvalue weighted by atomic mass is 10.0. The summed E-state index contributed by atoms with van der Waals surface area (Å²) in [6, 6.07) is 0. The molecule has 0 aromatic carbocycles. The Morgan fingerprint density at radius 1 is 0.426 bits per heavy atom. The van der Waals surface area contributed by atoms with Crippen molar-refractivity contribution < 1.29 is 24.2 Å². The molecule has 0 saturated heterocycles. The first-order valence-corrected chi connectivity index (χ1v) is 23.5. The van der Waals surface area contributed by atoms with Crippen LogP contribution >= 0.6 is 0 Å². The fraction of sp³-hybridized carbons (Fsp3) is 0.837. The number of rotatable bonds is 43. The van der Waals surface area contributed by atoms with Crippen molar-refractivity contribution in [1.29, 1.82) is 0 Å². The van der Waals surface area contributed by atoms with E-state index in [9.17, 15) is 14.7 Å². The number of allylic oxidation sites excluding steroid dienone is 6. The molecule has 1 N–H and O–H groups in total. The molecule has 0 aromatic heterocycles. The first-order valence-electron chi connectivity index (χ1n) is 23.5. The normalized spacial score (nSPS) is 12.4. The summed E-state index contributed by atoms with van der Waals surface area (Å²) in [5.74, 6) is -0.599. The van der Waals surface area contributed by atoms with E-state index >= 15 is 0 Å². The van der Waals surface area contributed by atoms with E-state index in [1.54, 1.807) is 0 Å². The van der Waals surface area contributed by atoms with Crippen LogP contribution in [0.4, 0.5) is 0 Å². The van der Waals surface area contributed by atoms with Gasteiger partial charge in [-0.1, -0.05) is 198 Å². The van der Waals surface area contributed by atoms with Gasteiger partial charge in [-0.15, -0.1) is 0 Å². The van der Waals surface area contributed by atoms with Crippen molar-refractivity contribution in [1.82, 2.24) is 0 Å². The Hall–Kier alpha value is -1.88. The minimum atomic E-state index is -0.777. The van der Waals surface area contributed by atoms with Crippen LogP contribution in [-0.2, 0) is 19.1 Å². The average molecular weight is 759 g/mol. The van der Waals surface area contributed by atoms with Crippen LogP contribution in [-0.4, -0.2) is 36.4 Å². The number of aliphatic hydroxyl groups excluding tert-OH is 1. The van der Waals surface area contributed by atoms with Crippen LogP contribution in [0.5, 0.6) is 0 Å². The number of unbranched alkanes of at least 4 members (excludes halogenated alkanes) is 29. The maximum atomic E-state index is 12.2. The van der Waals surface area contributed by atoms with Crippen LogP contribution in [0.15, 0.2) is 36.5 Å². The molecule has 5 nitrogen and oxygen atoms in total. The molecule has 0 aliphatic heterocycles. The van der Waals surface area contributed by atoms with Gasteiger partial charge in [-0.05, 0) is 70.6 Å². The van der Waals surface area contributed by atoms with E-state index in [1.807, 2.05) is 0 Å². The second-order valence-corrected chi connectivity index (χ2v) is 15.8. The number of carbonyl (C=O) groups is 2. The predicted octanol–water partition coefficient (Wildman–Crippen LogP) is 15.2.